The Balaban J connectivity index is 2.72. The Bertz CT molecular complexity index is 670. The number of nitrogens with zero attached hydrogens (tertiary/aromatic N) is 3. The van der Waals surface area contributed by atoms with Gasteiger partial charge in [0.25, 0.3) is 15.2 Å². The first-order valence-electron chi connectivity index (χ1n) is 5.34. The van der Waals surface area contributed by atoms with Gasteiger partial charge >= 0.3 is 0 Å². The molecule has 6 nitrogen and oxygen atoms in total. The van der Waals surface area contributed by atoms with Gasteiger partial charge in [-0.1, -0.05) is 0 Å². The first-order valence-corrected chi connectivity index (χ1v) is 7.77. The molecule has 18 heavy (non-hydrogen) atoms. The van der Waals surface area contributed by atoms with E-state index >= 15 is 0 Å². The van der Waals surface area contributed by atoms with E-state index in [9.17, 15) is 8.42 Å². The number of hydrogen-bond donors (Lipinski definition) is 1. The molecule has 98 valence electrons. The van der Waals surface area contributed by atoms with E-state index in [1.165, 1.54) is 11.3 Å². The average Bonchev–Trinajstić information content (AvgIpc) is 2.80. The fraction of sp³-hybridized carbons (Fsp3) is 0.400. The fourth-order valence-corrected chi connectivity index (χ4v) is 3.33. The van der Waals surface area contributed by atoms with Gasteiger partial charge in [0.2, 0.25) is 0 Å². The van der Waals surface area contributed by atoms with E-state index in [2.05, 4.69) is 10.2 Å². The molecule has 0 aliphatic rings. The molecular weight excluding hydrogens is 272 g/mol. The van der Waals surface area contributed by atoms with Gasteiger partial charge < -0.3 is 0 Å². The van der Waals surface area contributed by atoms with Crippen LogP contribution in [0.5, 0.6) is 0 Å². The summed E-state index contributed by atoms with van der Waals surface area (Å²) in [5.41, 5.74) is 1.04. The summed E-state index contributed by atoms with van der Waals surface area (Å²) in [6.07, 6.45) is 0. The Morgan fingerprint density at radius 3 is 2.50 bits per heavy atom. The van der Waals surface area contributed by atoms with Gasteiger partial charge in [-0.15, -0.1) is 21.5 Å². The van der Waals surface area contributed by atoms with Crippen LogP contribution in [-0.2, 0) is 10.0 Å². The van der Waals surface area contributed by atoms with Crippen molar-refractivity contribution in [3.05, 3.63) is 17.0 Å². The van der Waals surface area contributed by atoms with E-state index < -0.39 is 10.0 Å². The third-order valence-electron chi connectivity index (χ3n) is 2.50. The van der Waals surface area contributed by atoms with Crippen molar-refractivity contribution in [2.75, 3.05) is 0 Å². The van der Waals surface area contributed by atoms with E-state index in [1.807, 2.05) is 32.2 Å². The summed E-state index contributed by atoms with van der Waals surface area (Å²) in [5, 5.41) is 14.6. The number of sulfonamides is 1. The van der Waals surface area contributed by atoms with Crippen LogP contribution in [0.2, 0.25) is 0 Å². The van der Waals surface area contributed by atoms with Crippen molar-refractivity contribution in [1.29, 1.82) is 0 Å². The quantitative estimate of drug-likeness (QED) is 0.926. The standard InChI is InChI=1S/C10H14N4O2S2/c1-6(2)14-9(8-7(3)4-5-17-8)12-13-10(14)18(11,15)16/h4-6H,1-3H3,(H2,11,15,16). The lowest BCUT2D eigenvalue weighted by Crippen LogP contribution is -2.20. The van der Waals surface area contributed by atoms with Crippen LogP contribution in [0.25, 0.3) is 10.7 Å². The molecule has 0 saturated carbocycles. The fourth-order valence-electron chi connectivity index (χ4n) is 1.69. The lowest BCUT2D eigenvalue weighted by molar-refractivity contribution is 0.525. The predicted molar refractivity (Wildman–Crippen MR) is 69.8 cm³/mol. The minimum absolute atomic E-state index is 0.0928. The molecule has 2 aromatic heterocycles. The number of primary sulfonamides is 1. The second-order valence-corrected chi connectivity index (χ2v) is 6.62. The number of rotatable bonds is 3. The van der Waals surface area contributed by atoms with Gasteiger partial charge in [-0.05, 0) is 37.8 Å². The van der Waals surface area contributed by atoms with Crippen molar-refractivity contribution < 1.29 is 8.42 Å². The highest BCUT2D eigenvalue weighted by atomic mass is 32.2. The summed E-state index contributed by atoms with van der Waals surface area (Å²) in [6.45, 7) is 5.68. The lowest BCUT2D eigenvalue weighted by atomic mass is 10.2. The molecular formula is C10H14N4O2S2. The molecule has 2 aromatic rings. The van der Waals surface area contributed by atoms with E-state index in [1.54, 1.807) is 4.57 Å². The number of aromatic nitrogens is 3. The van der Waals surface area contributed by atoms with Crippen molar-refractivity contribution in [1.82, 2.24) is 14.8 Å². The Labute approximate surface area is 110 Å². The van der Waals surface area contributed by atoms with E-state index in [4.69, 9.17) is 5.14 Å². The number of thiophene rings is 1. The van der Waals surface area contributed by atoms with Crippen molar-refractivity contribution in [3.8, 4) is 10.7 Å². The minimum Gasteiger partial charge on any atom is -0.294 e. The minimum atomic E-state index is -3.87. The smallest absolute Gasteiger partial charge is 0.273 e. The third-order valence-corrected chi connectivity index (χ3v) is 4.30. The van der Waals surface area contributed by atoms with Crippen LogP contribution in [-0.4, -0.2) is 23.2 Å². The molecule has 2 heterocycles. The Kier molecular flexibility index (Phi) is 3.26. The number of nitrogens with two attached hydrogens (primary N) is 1. The lowest BCUT2D eigenvalue weighted by Gasteiger charge is -2.12. The zero-order valence-electron chi connectivity index (χ0n) is 10.3. The first kappa shape index (κ1) is 13.2. The average molecular weight is 286 g/mol. The molecule has 0 aliphatic heterocycles. The van der Waals surface area contributed by atoms with Gasteiger partial charge in [0.1, 0.15) is 0 Å². The molecule has 0 spiro atoms. The van der Waals surface area contributed by atoms with Crippen molar-refractivity contribution >= 4 is 21.4 Å². The largest absolute Gasteiger partial charge is 0.294 e. The molecule has 0 saturated heterocycles. The summed E-state index contributed by atoms with van der Waals surface area (Å²) in [7, 11) is -3.87. The summed E-state index contributed by atoms with van der Waals surface area (Å²) >= 11 is 1.50. The van der Waals surface area contributed by atoms with Crippen LogP contribution in [0.3, 0.4) is 0 Å². The summed E-state index contributed by atoms with van der Waals surface area (Å²) < 4.78 is 24.5. The Morgan fingerprint density at radius 1 is 1.39 bits per heavy atom. The van der Waals surface area contributed by atoms with Crippen LogP contribution >= 0.6 is 11.3 Å². The summed E-state index contributed by atoms with van der Waals surface area (Å²) in [6, 6.07) is 1.86. The first-order chi connectivity index (χ1) is 8.32. The summed E-state index contributed by atoms with van der Waals surface area (Å²) in [4.78, 5) is 0.908. The topological polar surface area (TPSA) is 90.9 Å². The maximum absolute atomic E-state index is 11.5. The van der Waals surface area contributed by atoms with Gasteiger partial charge in [0.15, 0.2) is 5.82 Å². The van der Waals surface area contributed by atoms with E-state index in [-0.39, 0.29) is 11.2 Å². The van der Waals surface area contributed by atoms with Gasteiger partial charge in [-0.3, -0.25) is 4.57 Å². The Morgan fingerprint density at radius 2 is 2.06 bits per heavy atom. The van der Waals surface area contributed by atoms with Crippen molar-refractivity contribution in [2.45, 2.75) is 32.0 Å². The molecule has 0 aromatic carbocycles. The van der Waals surface area contributed by atoms with Crippen molar-refractivity contribution in [2.24, 2.45) is 5.14 Å². The molecule has 0 atom stereocenters. The third kappa shape index (κ3) is 2.18. The second kappa shape index (κ2) is 4.45. The zero-order chi connectivity index (χ0) is 13.5. The van der Waals surface area contributed by atoms with Crippen molar-refractivity contribution in [3.63, 3.8) is 0 Å². The molecule has 0 amide bonds. The second-order valence-electron chi connectivity index (χ2n) is 4.25. The van der Waals surface area contributed by atoms with Gasteiger partial charge in [-0.25, -0.2) is 13.6 Å². The molecule has 8 heteroatoms. The summed E-state index contributed by atoms with van der Waals surface area (Å²) in [5.74, 6) is 0.543. The highest BCUT2D eigenvalue weighted by Crippen LogP contribution is 2.30. The maximum atomic E-state index is 11.5. The molecule has 0 unspecified atom stereocenters. The van der Waals surface area contributed by atoms with Crippen LogP contribution in [0.15, 0.2) is 16.6 Å². The molecule has 0 radical (unpaired) electrons. The predicted octanol–water partition coefficient (Wildman–Crippen LogP) is 1.54. The van der Waals surface area contributed by atoms with Gasteiger partial charge in [0, 0.05) is 6.04 Å². The number of hydrogen-bond acceptors (Lipinski definition) is 5. The monoisotopic (exact) mass is 286 g/mol. The Hall–Kier alpha value is -1.25. The van der Waals surface area contributed by atoms with E-state index in [0.717, 1.165) is 10.4 Å². The van der Waals surface area contributed by atoms with Crippen LogP contribution in [0, 0.1) is 6.92 Å². The zero-order valence-corrected chi connectivity index (χ0v) is 11.9. The molecule has 0 bridgehead atoms. The van der Waals surface area contributed by atoms with Crippen LogP contribution in [0.1, 0.15) is 25.5 Å². The van der Waals surface area contributed by atoms with Crippen LogP contribution < -0.4 is 5.14 Å². The van der Waals surface area contributed by atoms with Gasteiger partial charge in [0.05, 0.1) is 4.88 Å². The van der Waals surface area contributed by atoms with E-state index in [0.29, 0.717) is 5.82 Å². The molecule has 0 aliphatic carbocycles. The number of aryl methyl sites for hydroxylation is 1. The molecule has 0 fully saturated rings. The maximum Gasteiger partial charge on any atom is 0.273 e. The SMILES string of the molecule is Cc1ccsc1-c1nnc(S(N)(=O)=O)n1C(C)C. The molecule has 2 rings (SSSR count). The highest BCUT2D eigenvalue weighted by Gasteiger charge is 2.24. The normalized spacial score (nSPS) is 12.3. The van der Waals surface area contributed by atoms with Crippen LogP contribution in [0.4, 0.5) is 0 Å². The molecule has 2 N–H and O–H groups in total. The highest BCUT2D eigenvalue weighted by molar-refractivity contribution is 7.89. The van der Waals surface area contributed by atoms with Gasteiger partial charge in [-0.2, -0.15) is 0 Å².